The molecule has 0 radical (unpaired) electrons. The van der Waals surface area contributed by atoms with Crippen LogP contribution in [-0.2, 0) is 0 Å². The average molecular weight is 294 g/mol. The second-order valence-corrected chi connectivity index (χ2v) is 5.02. The number of carbonyl (C=O) groups is 1. The third kappa shape index (κ3) is 3.35. The molecule has 2 rings (SSSR count). The van der Waals surface area contributed by atoms with Gasteiger partial charge in [0.15, 0.2) is 5.78 Å². The van der Waals surface area contributed by atoms with Gasteiger partial charge in [-0.05, 0) is 49.0 Å². The second kappa shape index (κ2) is 6.20. The molecule has 2 aromatic rings. The SMILES string of the molecule is CNC(C(=O)c1ccc(Cl)cc1)c1ccc(Cl)cc1. The maximum absolute atomic E-state index is 12.4. The van der Waals surface area contributed by atoms with E-state index in [1.807, 2.05) is 12.1 Å². The van der Waals surface area contributed by atoms with E-state index in [4.69, 9.17) is 23.2 Å². The average Bonchev–Trinajstić information content (AvgIpc) is 2.42. The van der Waals surface area contributed by atoms with Crippen molar-refractivity contribution in [2.45, 2.75) is 6.04 Å². The van der Waals surface area contributed by atoms with Crippen LogP contribution in [0.15, 0.2) is 48.5 Å². The smallest absolute Gasteiger partial charge is 0.184 e. The summed E-state index contributed by atoms with van der Waals surface area (Å²) in [5.41, 5.74) is 1.51. The Kier molecular flexibility index (Phi) is 4.59. The minimum atomic E-state index is -0.390. The largest absolute Gasteiger partial charge is 0.307 e. The number of Topliss-reactive ketones (excluding diaryl/α,β-unsaturated/α-hetero) is 1. The molecule has 1 unspecified atom stereocenters. The first-order chi connectivity index (χ1) is 9.11. The molecule has 0 aliphatic rings. The molecule has 0 heterocycles. The molecule has 0 bridgehead atoms. The highest BCUT2D eigenvalue weighted by Crippen LogP contribution is 2.21. The van der Waals surface area contributed by atoms with Crippen LogP contribution in [0, 0.1) is 0 Å². The fourth-order valence-electron chi connectivity index (χ4n) is 1.89. The molecule has 0 aliphatic heterocycles. The topological polar surface area (TPSA) is 29.1 Å². The van der Waals surface area contributed by atoms with Crippen LogP contribution in [0.2, 0.25) is 10.0 Å². The van der Waals surface area contributed by atoms with Crippen LogP contribution in [-0.4, -0.2) is 12.8 Å². The molecule has 0 aliphatic carbocycles. The minimum Gasteiger partial charge on any atom is -0.307 e. The lowest BCUT2D eigenvalue weighted by Crippen LogP contribution is -2.25. The molecule has 0 saturated heterocycles. The number of nitrogens with one attached hydrogen (secondary N) is 1. The molecule has 2 nitrogen and oxygen atoms in total. The third-order valence-corrected chi connectivity index (χ3v) is 3.39. The molecule has 4 heteroatoms. The molecule has 1 atom stereocenters. The standard InChI is InChI=1S/C15H13Cl2NO/c1-18-14(10-2-6-12(16)7-3-10)15(19)11-4-8-13(17)9-5-11/h2-9,14,18H,1H3. The van der Waals surface area contributed by atoms with Crippen LogP contribution < -0.4 is 5.32 Å². The summed E-state index contributed by atoms with van der Waals surface area (Å²) in [7, 11) is 1.76. The van der Waals surface area contributed by atoms with E-state index in [-0.39, 0.29) is 5.78 Å². The summed E-state index contributed by atoms with van der Waals surface area (Å²) in [6.07, 6.45) is 0. The van der Waals surface area contributed by atoms with E-state index in [0.29, 0.717) is 15.6 Å². The fourth-order valence-corrected chi connectivity index (χ4v) is 2.14. The molecule has 0 amide bonds. The lowest BCUT2D eigenvalue weighted by atomic mass is 9.98. The summed E-state index contributed by atoms with van der Waals surface area (Å²) in [4.78, 5) is 12.4. The molecular weight excluding hydrogens is 281 g/mol. The number of ketones is 1. The van der Waals surface area contributed by atoms with Crippen molar-refractivity contribution in [2.24, 2.45) is 0 Å². The van der Waals surface area contributed by atoms with E-state index in [1.54, 1.807) is 43.4 Å². The van der Waals surface area contributed by atoms with Crippen molar-refractivity contribution in [1.82, 2.24) is 5.32 Å². The molecule has 1 N–H and O–H groups in total. The highest BCUT2D eigenvalue weighted by Gasteiger charge is 2.19. The summed E-state index contributed by atoms with van der Waals surface area (Å²) >= 11 is 11.7. The second-order valence-electron chi connectivity index (χ2n) is 4.14. The number of likely N-dealkylation sites (N-methyl/N-ethyl adjacent to an activating group) is 1. The molecule has 0 spiro atoms. The van der Waals surface area contributed by atoms with Gasteiger partial charge in [-0.25, -0.2) is 0 Å². The highest BCUT2D eigenvalue weighted by molar-refractivity contribution is 6.31. The number of carbonyl (C=O) groups excluding carboxylic acids is 1. The molecule has 0 aromatic heterocycles. The first-order valence-electron chi connectivity index (χ1n) is 5.84. The number of rotatable bonds is 4. The van der Waals surface area contributed by atoms with Gasteiger partial charge in [0.1, 0.15) is 0 Å². The number of halogens is 2. The van der Waals surface area contributed by atoms with Gasteiger partial charge in [0.2, 0.25) is 0 Å². The summed E-state index contributed by atoms with van der Waals surface area (Å²) in [5.74, 6) is 0.00138. The van der Waals surface area contributed by atoms with Crippen LogP contribution in [0.25, 0.3) is 0 Å². The molecule has 98 valence electrons. The molecular formula is C15H13Cl2NO. The van der Waals surface area contributed by atoms with Crippen LogP contribution in [0.1, 0.15) is 22.0 Å². The Balaban J connectivity index is 2.29. The van der Waals surface area contributed by atoms with Gasteiger partial charge >= 0.3 is 0 Å². The van der Waals surface area contributed by atoms with Crippen molar-refractivity contribution < 1.29 is 4.79 Å². The Morgan fingerprint density at radius 2 is 1.42 bits per heavy atom. The number of benzene rings is 2. The quantitative estimate of drug-likeness (QED) is 0.859. The van der Waals surface area contributed by atoms with Crippen molar-refractivity contribution in [2.75, 3.05) is 7.05 Å². The first-order valence-corrected chi connectivity index (χ1v) is 6.60. The van der Waals surface area contributed by atoms with Gasteiger partial charge in [-0.2, -0.15) is 0 Å². The zero-order chi connectivity index (χ0) is 13.8. The Labute approximate surface area is 122 Å². The van der Waals surface area contributed by atoms with Crippen molar-refractivity contribution in [3.05, 3.63) is 69.7 Å². The highest BCUT2D eigenvalue weighted by atomic mass is 35.5. The summed E-state index contributed by atoms with van der Waals surface area (Å²) < 4.78 is 0. The van der Waals surface area contributed by atoms with Gasteiger partial charge in [0.25, 0.3) is 0 Å². The van der Waals surface area contributed by atoms with Gasteiger partial charge in [-0.15, -0.1) is 0 Å². The van der Waals surface area contributed by atoms with E-state index in [1.165, 1.54) is 0 Å². The van der Waals surface area contributed by atoms with E-state index in [0.717, 1.165) is 5.56 Å². The first kappa shape index (κ1) is 14.1. The van der Waals surface area contributed by atoms with Gasteiger partial charge in [0, 0.05) is 15.6 Å². The summed E-state index contributed by atoms with van der Waals surface area (Å²) in [6, 6.07) is 13.7. The maximum Gasteiger partial charge on any atom is 0.184 e. The number of hydrogen-bond acceptors (Lipinski definition) is 2. The zero-order valence-electron chi connectivity index (χ0n) is 10.4. The van der Waals surface area contributed by atoms with E-state index in [2.05, 4.69) is 5.32 Å². The van der Waals surface area contributed by atoms with Crippen LogP contribution in [0.3, 0.4) is 0 Å². The van der Waals surface area contributed by atoms with Crippen LogP contribution in [0.5, 0.6) is 0 Å². The van der Waals surface area contributed by atoms with E-state index >= 15 is 0 Å². The third-order valence-electron chi connectivity index (χ3n) is 2.88. The van der Waals surface area contributed by atoms with E-state index < -0.39 is 6.04 Å². The van der Waals surface area contributed by atoms with Gasteiger partial charge in [0.05, 0.1) is 6.04 Å². The number of hydrogen-bond donors (Lipinski definition) is 1. The fraction of sp³-hybridized carbons (Fsp3) is 0.133. The van der Waals surface area contributed by atoms with Gasteiger partial charge in [-0.1, -0.05) is 35.3 Å². The zero-order valence-corrected chi connectivity index (χ0v) is 11.9. The van der Waals surface area contributed by atoms with Crippen molar-refractivity contribution in [3.63, 3.8) is 0 Å². The van der Waals surface area contributed by atoms with Crippen LogP contribution >= 0.6 is 23.2 Å². The normalized spacial score (nSPS) is 12.2. The van der Waals surface area contributed by atoms with Crippen LogP contribution in [0.4, 0.5) is 0 Å². The van der Waals surface area contributed by atoms with Crippen molar-refractivity contribution >= 4 is 29.0 Å². The molecule has 0 fully saturated rings. The summed E-state index contributed by atoms with van der Waals surface area (Å²) in [5, 5.41) is 4.29. The minimum absolute atomic E-state index is 0.00138. The predicted octanol–water partition coefficient (Wildman–Crippen LogP) is 4.14. The summed E-state index contributed by atoms with van der Waals surface area (Å²) in [6.45, 7) is 0. The van der Waals surface area contributed by atoms with Crippen molar-refractivity contribution in [3.8, 4) is 0 Å². The van der Waals surface area contributed by atoms with Gasteiger partial charge in [-0.3, -0.25) is 4.79 Å². The molecule has 2 aromatic carbocycles. The van der Waals surface area contributed by atoms with Gasteiger partial charge < -0.3 is 5.32 Å². The van der Waals surface area contributed by atoms with E-state index in [9.17, 15) is 4.79 Å². The Bertz CT molecular complexity index is 564. The van der Waals surface area contributed by atoms with Crippen molar-refractivity contribution in [1.29, 1.82) is 0 Å². The predicted molar refractivity (Wildman–Crippen MR) is 79.0 cm³/mol. The maximum atomic E-state index is 12.4. The Morgan fingerprint density at radius 3 is 1.89 bits per heavy atom. The molecule has 0 saturated carbocycles. The monoisotopic (exact) mass is 293 g/mol. The molecule has 19 heavy (non-hydrogen) atoms. The lowest BCUT2D eigenvalue weighted by Gasteiger charge is -2.15. The Morgan fingerprint density at radius 1 is 0.947 bits per heavy atom. The lowest BCUT2D eigenvalue weighted by molar-refractivity contribution is 0.0947. The Hall–Kier alpha value is -1.35.